The first-order chi connectivity index (χ1) is 7.58. The first-order valence-electron chi connectivity index (χ1n) is 5.63. The molecule has 0 bridgehead atoms. The number of rotatable bonds is 4. The van der Waals surface area contributed by atoms with E-state index in [0.29, 0.717) is 12.6 Å². The molecule has 5 heteroatoms. The quantitative estimate of drug-likeness (QED) is 0.414. The highest BCUT2D eigenvalue weighted by Gasteiger charge is 2.33. The maximum Gasteiger partial charge on any atom is 0.310 e. The summed E-state index contributed by atoms with van der Waals surface area (Å²) in [5, 5.41) is 6.40. The van der Waals surface area contributed by atoms with Crippen LogP contribution in [0.15, 0.2) is 4.99 Å². The number of carbonyl (C=O) groups is 1. The SMILES string of the molecule is CN=C(NCC(C)C(=O)OC)NC1CC1C. The average Bonchev–Trinajstić information content (AvgIpc) is 2.98. The molecule has 1 aliphatic carbocycles. The summed E-state index contributed by atoms with van der Waals surface area (Å²) < 4.78 is 4.65. The number of hydrogen-bond acceptors (Lipinski definition) is 3. The molecule has 0 spiro atoms. The van der Waals surface area contributed by atoms with Crippen molar-refractivity contribution < 1.29 is 9.53 Å². The van der Waals surface area contributed by atoms with Crippen LogP contribution in [0.1, 0.15) is 20.3 Å². The van der Waals surface area contributed by atoms with Crippen LogP contribution < -0.4 is 10.6 Å². The summed E-state index contributed by atoms with van der Waals surface area (Å²) in [5.41, 5.74) is 0. The molecule has 3 unspecified atom stereocenters. The van der Waals surface area contributed by atoms with Crippen LogP contribution in [0.3, 0.4) is 0 Å². The maximum atomic E-state index is 11.2. The Morgan fingerprint density at radius 1 is 1.62 bits per heavy atom. The van der Waals surface area contributed by atoms with E-state index in [0.717, 1.165) is 11.9 Å². The van der Waals surface area contributed by atoms with Crippen LogP contribution in [0.2, 0.25) is 0 Å². The zero-order valence-electron chi connectivity index (χ0n) is 10.4. The van der Waals surface area contributed by atoms with Gasteiger partial charge >= 0.3 is 5.97 Å². The minimum absolute atomic E-state index is 0.167. The molecule has 92 valence electrons. The average molecular weight is 227 g/mol. The molecule has 0 aromatic carbocycles. The molecule has 5 nitrogen and oxygen atoms in total. The molecule has 1 rings (SSSR count). The molecule has 0 heterocycles. The molecule has 16 heavy (non-hydrogen) atoms. The van der Waals surface area contributed by atoms with Gasteiger partial charge in [-0.1, -0.05) is 13.8 Å². The van der Waals surface area contributed by atoms with Gasteiger partial charge in [0.25, 0.3) is 0 Å². The largest absolute Gasteiger partial charge is 0.469 e. The van der Waals surface area contributed by atoms with Gasteiger partial charge in [-0.25, -0.2) is 0 Å². The van der Waals surface area contributed by atoms with Crippen molar-refractivity contribution in [1.29, 1.82) is 0 Å². The van der Waals surface area contributed by atoms with E-state index in [-0.39, 0.29) is 11.9 Å². The van der Waals surface area contributed by atoms with Crippen LogP contribution in [-0.2, 0) is 9.53 Å². The molecule has 0 radical (unpaired) electrons. The van der Waals surface area contributed by atoms with Gasteiger partial charge in [0.1, 0.15) is 0 Å². The van der Waals surface area contributed by atoms with E-state index < -0.39 is 0 Å². The van der Waals surface area contributed by atoms with Crippen LogP contribution in [-0.4, -0.2) is 38.7 Å². The Morgan fingerprint density at radius 3 is 2.69 bits per heavy atom. The second-order valence-electron chi connectivity index (χ2n) is 4.34. The molecule has 3 atom stereocenters. The Hall–Kier alpha value is -1.26. The molecular weight excluding hydrogens is 206 g/mol. The van der Waals surface area contributed by atoms with Crippen LogP contribution in [0.25, 0.3) is 0 Å². The maximum absolute atomic E-state index is 11.2. The van der Waals surface area contributed by atoms with Crippen LogP contribution in [0.4, 0.5) is 0 Å². The molecule has 0 aliphatic heterocycles. The normalized spacial score (nSPS) is 25.9. The van der Waals surface area contributed by atoms with Gasteiger partial charge in [0.05, 0.1) is 13.0 Å². The summed E-state index contributed by atoms with van der Waals surface area (Å²) in [7, 11) is 3.13. The lowest BCUT2D eigenvalue weighted by molar-refractivity contribution is -0.144. The Kier molecular flexibility index (Phi) is 4.58. The number of guanidine groups is 1. The number of carbonyl (C=O) groups excluding carboxylic acids is 1. The van der Waals surface area contributed by atoms with Gasteiger partial charge in [-0.15, -0.1) is 0 Å². The van der Waals surface area contributed by atoms with Gasteiger partial charge in [0.15, 0.2) is 5.96 Å². The lowest BCUT2D eigenvalue weighted by Crippen LogP contribution is -2.42. The highest BCUT2D eigenvalue weighted by Crippen LogP contribution is 2.28. The highest BCUT2D eigenvalue weighted by atomic mass is 16.5. The molecule has 0 saturated heterocycles. The first-order valence-corrected chi connectivity index (χ1v) is 5.63. The number of methoxy groups -OCH3 is 1. The minimum atomic E-state index is -0.206. The van der Waals surface area contributed by atoms with Gasteiger partial charge in [-0.3, -0.25) is 9.79 Å². The Labute approximate surface area is 96.7 Å². The standard InChI is InChI=1S/C11H21N3O2/c1-7-5-9(7)14-11(12-3)13-6-8(2)10(15)16-4/h7-9H,5-6H2,1-4H3,(H2,12,13,14). The second kappa shape index (κ2) is 5.72. The van der Waals surface area contributed by atoms with E-state index in [1.807, 2.05) is 6.92 Å². The van der Waals surface area contributed by atoms with Gasteiger partial charge in [-0.05, 0) is 12.3 Å². The highest BCUT2D eigenvalue weighted by molar-refractivity contribution is 5.81. The van der Waals surface area contributed by atoms with Crippen LogP contribution in [0, 0.1) is 11.8 Å². The zero-order chi connectivity index (χ0) is 12.1. The number of nitrogens with zero attached hydrogens (tertiary/aromatic N) is 1. The second-order valence-corrected chi connectivity index (χ2v) is 4.34. The van der Waals surface area contributed by atoms with Gasteiger partial charge in [0, 0.05) is 19.6 Å². The van der Waals surface area contributed by atoms with E-state index in [9.17, 15) is 4.79 Å². The van der Waals surface area contributed by atoms with Crippen molar-refractivity contribution in [3.05, 3.63) is 0 Å². The summed E-state index contributed by atoms with van der Waals surface area (Å²) in [6, 6.07) is 0.527. The number of aliphatic imine (C=N–C) groups is 1. The molecule has 0 aromatic heterocycles. The summed E-state index contributed by atoms with van der Waals surface area (Å²) in [5.74, 6) is 1.10. The van der Waals surface area contributed by atoms with E-state index in [4.69, 9.17) is 0 Å². The third kappa shape index (κ3) is 3.72. The Bertz CT molecular complexity index is 278. The third-order valence-electron chi connectivity index (χ3n) is 2.83. The van der Waals surface area contributed by atoms with E-state index in [1.165, 1.54) is 13.5 Å². The summed E-state index contributed by atoms with van der Waals surface area (Å²) in [4.78, 5) is 15.3. The van der Waals surface area contributed by atoms with E-state index >= 15 is 0 Å². The molecule has 1 aliphatic rings. The molecule has 2 N–H and O–H groups in total. The predicted molar refractivity (Wildman–Crippen MR) is 63.2 cm³/mol. The minimum Gasteiger partial charge on any atom is -0.469 e. The van der Waals surface area contributed by atoms with Gasteiger partial charge < -0.3 is 15.4 Å². The number of esters is 1. The Morgan fingerprint density at radius 2 is 2.25 bits per heavy atom. The first kappa shape index (κ1) is 12.8. The summed E-state index contributed by atoms with van der Waals surface area (Å²) in [6.07, 6.45) is 1.19. The fraction of sp³-hybridized carbons (Fsp3) is 0.818. The molecule has 1 fully saturated rings. The lowest BCUT2D eigenvalue weighted by Gasteiger charge is -2.14. The van der Waals surface area contributed by atoms with E-state index in [2.05, 4.69) is 27.3 Å². The predicted octanol–water partition coefficient (Wildman–Crippen LogP) is 0.369. The fourth-order valence-electron chi connectivity index (χ4n) is 1.43. The van der Waals surface area contributed by atoms with Gasteiger partial charge in [0.2, 0.25) is 0 Å². The molecule has 0 amide bonds. The lowest BCUT2D eigenvalue weighted by atomic mass is 10.2. The number of nitrogens with one attached hydrogen (secondary N) is 2. The Balaban J connectivity index is 2.26. The molecule has 0 aromatic rings. The summed E-state index contributed by atoms with van der Waals surface area (Å²) in [6.45, 7) is 4.56. The number of ether oxygens (including phenoxy) is 1. The topological polar surface area (TPSA) is 62.7 Å². The third-order valence-corrected chi connectivity index (χ3v) is 2.83. The van der Waals surface area contributed by atoms with Crippen molar-refractivity contribution in [3.63, 3.8) is 0 Å². The summed E-state index contributed by atoms with van der Waals surface area (Å²) >= 11 is 0. The fourth-order valence-corrected chi connectivity index (χ4v) is 1.43. The van der Waals surface area contributed by atoms with Crippen molar-refractivity contribution in [2.45, 2.75) is 26.3 Å². The van der Waals surface area contributed by atoms with Crippen molar-refractivity contribution in [2.75, 3.05) is 20.7 Å². The monoisotopic (exact) mass is 227 g/mol. The van der Waals surface area contributed by atoms with Crippen LogP contribution >= 0.6 is 0 Å². The number of hydrogen-bond donors (Lipinski definition) is 2. The molecule has 1 saturated carbocycles. The smallest absolute Gasteiger partial charge is 0.310 e. The van der Waals surface area contributed by atoms with Crippen molar-refractivity contribution in [1.82, 2.24) is 10.6 Å². The molecular formula is C11H21N3O2. The van der Waals surface area contributed by atoms with Crippen molar-refractivity contribution in [2.24, 2.45) is 16.8 Å². The van der Waals surface area contributed by atoms with E-state index in [1.54, 1.807) is 7.05 Å². The van der Waals surface area contributed by atoms with Crippen LogP contribution in [0.5, 0.6) is 0 Å². The van der Waals surface area contributed by atoms with Gasteiger partial charge in [-0.2, -0.15) is 0 Å². The van der Waals surface area contributed by atoms with Crippen molar-refractivity contribution in [3.8, 4) is 0 Å². The van der Waals surface area contributed by atoms with Crippen molar-refractivity contribution >= 4 is 11.9 Å². The zero-order valence-corrected chi connectivity index (χ0v) is 10.4.